The molecule has 0 aliphatic heterocycles. The van der Waals surface area contributed by atoms with Crippen molar-refractivity contribution in [3.8, 4) is 11.5 Å². The number of alkyl halides is 3. The van der Waals surface area contributed by atoms with Crippen LogP contribution in [-0.2, 0) is 6.18 Å². The number of nitrogens with zero attached hydrogens (tertiary/aromatic N) is 3. The Hall–Kier alpha value is -3.82. The molecule has 1 amide bonds. The van der Waals surface area contributed by atoms with Crippen molar-refractivity contribution in [2.45, 2.75) is 26.1 Å². The van der Waals surface area contributed by atoms with E-state index in [0.717, 1.165) is 6.07 Å². The Morgan fingerprint density at radius 3 is 2.61 bits per heavy atom. The number of hydrogen-bond donors (Lipinski definition) is 2. The third-order valence-corrected chi connectivity index (χ3v) is 4.62. The van der Waals surface area contributed by atoms with E-state index in [-0.39, 0.29) is 17.3 Å². The van der Waals surface area contributed by atoms with Crippen molar-refractivity contribution in [2.75, 3.05) is 5.43 Å². The number of furan rings is 1. The number of fused-ring (bicyclic) bond motifs is 1. The molecular weight excluding hydrogens is 411 g/mol. The Bertz CT molecular complexity index is 1230. The summed E-state index contributed by atoms with van der Waals surface area (Å²) in [4.78, 5) is 17.5. The molecule has 0 atom stereocenters. The second kappa shape index (κ2) is 7.78. The van der Waals surface area contributed by atoms with Gasteiger partial charge in [0.05, 0.1) is 34.7 Å². The van der Waals surface area contributed by atoms with E-state index in [1.54, 1.807) is 16.8 Å². The summed E-state index contributed by atoms with van der Waals surface area (Å²) in [6.07, 6.45) is -1.58. The topological polar surface area (TPSA) is 85.0 Å². The van der Waals surface area contributed by atoms with Crippen LogP contribution in [0.25, 0.3) is 22.5 Å². The lowest BCUT2D eigenvalue weighted by Gasteiger charge is -2.15. The molecule has 0 radical (unpaired) electrons. The predicted molar refractivity (Wildman–Crippen MR) is 108 cm³/mol. The SMILES string of the molecule is CC(C)n1ncc2c(C(=O)NNc3ccccc3C(F)(F)F)cc(-c3ccco3)nc21. The number of anilines is 1. The minimum absolute atomic E-state index is 0.0236. The fourth-order valence-corrected chi connectivity index (χ4v) is 3.17. The number of amides is 1. The fraction of sp³-hybridized carbons (Fsp3) is 0.190. The average molecular weight is 429 g/mol. The van der Waals surface area contributed by atoms with Crippen molar-refractivity contribution in [3.05, 3.63) is 66.1 Å². The van der Waals surface area contributed by atoms with Gasteiger partial charge in [-0.1, -0.05) is 12.1 Å². The summed E-state index contributed by atoms with van der Waals surface area (Å²) in [5, 5.41) is 4.76. The van der Waals surface area contributed by atoms with Gasteiger partial charge in [-0.25, -0.2) is 9.67 Å². The highest BCUT2D eigenvalue weighted by Crippen LogP contribution is 2.34. The van der Waals surface area contributed by atoms with Crippen molar-refractivity contribution < 1.29 is 22.4 Å². The molecule has 0 fully saturated rings. The van der Waals surface area contributed by atoms with E-state index in [1.807, 2.05) is 13.8 Å². The van der Waals surface area contributed by atoms with Crippen LogP contribution in [0, 0.1) is 0 Å². The van der Waals surface area contributed by atoms with E-state index >= 15 is 0 Å². The molecule has 4 rings (SSSR count). The van der Waals surface area contributed by atoms with E-state index in [1.165, 1.54) is 36.7 Å². The molecule has 2 N–H and O–H groups in total. The van der Waals surface area contributed by atoms with E-state index in [2.05, 4.69) is 20.9 Å². The van der Waals surface area contributed by atoms with Gasteiger partial charge in [0.15, 0.2) is 11.4 Å². The molecule has 3 aromatic heterocycles. The maximum atomic E-state index is 13.2. The Morgan fingerprint density at radius 2 is 1.94 bits per heavy atom. The zero-order valence-corrected chi connectivity index (χ0v) is 16.6. The maximum Gasteiger partial charge on any atom is 0.418 e. The average Bonchev–Trinajstić information content (AvgIpc) is 3.40. The molecule has 0 bridgehead atoms. The molecular formula is C21H18F3N5O2. The smallest absolute Gasteiger partial charge is 0.418 e. The summed E-state index contributed by atoms with van der Waals surface area (Å²) in [5.74, 6) is -0.191. The largest absolute Gasteiger partial charge is 0.463 e. The van der Waals surface area contributed by atoms with E-state index < -0.39 is 17.6 Å². The molecule has 160 valence electrons. The van der Waals surface area contributed by atoms with Crippen molar-refractivity contribution in [2.24, 2.45) is 0 Å². The highest BCUT2D eigenvalue weighted by molar-refractivity contribution is 6.06. The number of rotatable bonds is 5. The number of benzene rings is 1. The molecule has 0 saturated carbocycles. The summed E-state index contributed by atoms with van der Waals surface area (Å²) >= 11 is 0. The van der Waals surface area contributed by atoms with Crippen LogP contribution in [0.1, 0.15) is 35.8 Å². The summed E-state index contributed by atoms with van der Waals surface area (Å²) in [5.41, 5.74) is 4.63. The first-order valence-electron chi connectivity index (χ1n) is 9.40. The van der Waals surface area contributed by atoms with E-state index in [9.17, 15) is 18.0 Å². The lowest BCUT2D eigenvalue weighted by molar-refractivity contribution is -0.137. The number of nitrogens with one attached hydrogen (secondary N) is 2. The minimum atomic E-state index is -4.57. The van der Waals surface area contributed by atoms with Crippen LogP contribution in [-0.4, -0.2) is 20.7 Å². The van der Waals surface area contributed by atoms with Crippen LogP contribution in [0.2, 0.25) is 0 Å². The van der Waals surface area contributed by atoms with Gasteiger partial charge < -0.3 is 4.42 Å². The van der Waals surface area contributed by atoms with Crippen LogP contribution in [0.3, 0.4) is 0 Å². The number of hydrogen-bond acceptors (Lipinski definition) is 5. The van der Waals surface area contributed by atoms with E-state index in [4.69, 9.17) is 4.42 Å². The highest BCUT2D eigenvalue weighted by atomic mass is 19.4. The first kappa shape index (κ1) is 20.5. The Labute approximate surface area is 174 Å². The van der Waals surface area contributed by atoms with Crippen LogP contribution in [0.15, 0.2) is 59.3 Å². The molecule has 1 aromatic carbocycles. The summed E-state index contributed by atoms with van der Waals surface area (Å²) in [6.45, 7) is 3.84. The van der Waals surface area contributed by atoms with Gasteiger partial charge in [0.2, 0.25) is 0 Å². The molecule has 31 heavy (non-hydrogen) atoms. The highest BCUT2D eigenvalue weighted by Gasteiger charge is 2.33. The lowest BCUT2D eigenvalue weighted by atomic mass is 10.1. The number of carbonyl (C=O) groups is 1. The van der Waals surface area contributed by atoms with Crippen molar-refractivity contribution in [1.82, 2.24) is 20.2 Å². The van der Waals surface area contributed by atoms with Crippen LogP contribution in [0.4, 0.5) is 18.9 Å². The normalized spacial score (nSPS) is 11.8. The van der Waals surface area contributed by atoms with Crippen molar-refractivity contribution in [3.63, 3.8) is 0 Å². The third kappa shape index (κ3) is 3.96. The fourth-order valence-electron chi connectivity index (χ4n) is 3.17. The molecule has 10 heteroatoms. The quantitative estimate of drug-likeness (QED) is 0.434. The van der Waals surface area contributed by atoms with Gasteiger partial charge in [0.25, 0.3) is 5.91 Å². The minimum Gasteiger partial charge on any atom is -0.463 e. The summed E-state index contributed by atoms with van der Waals surface area (Å²) in [7, 11) is 0. The molecule has 0 spiro atoms. The predicted octanol–water partition coefficient (Wildman–Crippen LogP) is 5.05. The van der Waals surface area contributed by atoms with Crippen LogP contribution < -0.4 is 10.9 Å². The van der Waals surface area contributed by atoms with Crippen molar-refractivity contribution >= 4 is 22.6 Å². The molecule has 7 nitrogen and oxygen atoms in total. The molecule has 0 aliphatic rings. The molecule has 0 aliphatic carbocycles. The Kier molecular flexibility index (Phi) is 5.14. The van der Waals surface area contributed by atoms with Gasteiger partial charge in [-0.05, 0) is 44.2 Å². The van der Waals surface area contributed by atoms with Crippen molar-refractivity contribution in [1.29, 1.82) is 0 Å². The third-order valence-electron chi connectivity index (χ3n) is 4.62. The number of para-hydroxylation sites is 1. The van der Waals surface area contributed by atoms with Gasteiger partial charge in [-0.3, -0.25) is 15.6 Å². The summed E-state index contributed by atoms with van der Waals surface area (Å²) in [6, 6.07) is 9.76. The van der Waals surface area contributed by atoms with Gasteiger partial charge in [-0.2, -0.15) is 18.3 Å². The second-order valence-electron chi connectivity index (χ2n) is 7.07. The Morgan fingerprint density at radius 1 is 1.16 bits per heavy atom. The van der Waals surface area contributed by atoms with Gasteiger partial charge >= 0.3 is 6.18 Å². The molecule has 0 saturated heterocycles. The van der Waals surface area contributed by atoms with Gasteiger partial charge in [0, 0.05) is 6.04 Å². The van der Waals surface area contributed by atoms with E-state index in [0.29, 0.717) is 22.5 Å². The molecule has 4 aromatic rings. The number of carbonyl (C=O) groups excluding carboxylic acids is 1. The maximum absolute atomic E-state index is 13.2. The van der Waals surface area contributed by atoms with Gasteiger partial charge in [-0.15, -0.1) is 0 Å². The number of pyridine rings is 1. The monoisotopic (exact) mass is 429 g/mol. The zero-order chi connectivity index (χ0) is 22.2. The number of halogens is 3. The first-order valence-corrected chi connectivity index (χ1v) is 9.40. The molecule has 0 unspecified atom stereocenters. The molecule has 3 heterocycles. The van der Waals surface area contributed by atoms with Gasteiger partial charge in [0.1, 0.15) is 5.69 Å². The lowest BCUT2D eigenvalue weighted by Crippen LogP contribution is -2.30. The van der Waals surface area contributed by atoms with Crippen LogP contribution >= 0.6 is 0 Å². The number of aromatic nitrogens is 3. The zero-order valence-electron chi connectivity index (χ0n) is 16.6. The number of hydrazine groups is 1. The standard InChI is InChI=1S/C21H18F3N5O2/c1-12(2)29-19-14(11-25-29)13(10-17(26-19)18-8-5-9-31-18)20(30)28-27-16-7-4-3-6-15(16)21(22,23)24/h3-12,27H,1-2H3,(H,28,30). The Balaban J connectivity index is 1.72. The van der Waals surface area contributed by atoms with Crippen LogP contribution in [0.5, 0.6) is 0 Å². The summed E-state index contributed by atoms with van der Waals surface area (Å²) < 4.78 is 46.7. The first-order chi connectivity index (χ1) is 14.8. The second-order valence-corrected chi connectivity index (χ2v) is 7.07.